The van der Waals surface area contributed by atoms with Gasteiger partial charge in [0.25, 0.3) is 5.69 Å². The third kappa shape index (κ3) is 3.18. The Morgan fingerprint density at radius 3 is 2.31 bits per heavy atom. The second kappa shape index (κ2) is 6.37. The third-order valence-electron chi connectivity index (χ3n) is 4.96. The smallest absolute Gasteiger partial charge is 0.399 e. The Hall–Kier alpha value is -2.45. The van der Waals surface area contributed by atoms with E-state index in [0.717, 1.165) is 11.0 Å². The Labute approximate surface area is 152 Å². The molecule has 2 heterocycles. The molecule has 0 saturated carbocycles. The average molecular weight is 355 g/mol. The SMILES string of the molecule is C=CCn1cc(B2OC(C)(C)C(C)(C)O2)c(-c2ccc([N+](=O)[O-])cc2)n1. The molecule has 0 atom stereocenters. The quantitative estimate of drug-likeness (QED) is 0.357. The van der Waals surface area contributed by atoms with Crippen molar-refractivity contribution >= 4 is 18.3 Å². The molecule has 1 aliphatic heterocycles. The maximum Gasteiger partial charge on any atom is 0.498 e. The van der Waals surface area contributed by atoms with E-state index in [0.29, 0.717) is 12.2 Å². The first-order chi connectivity index (χ1) is 12.1. The van der Waals surface area contributed by atoms with Crippen molar-refractivity contribution in [3.05, 3.63) is 53.2 Å². The summed E-state index contributed by atoms with van der Waals surface area (Å²) in [6, 6.07) is 6.31. The minimum atomic E-state index is -0.566. The number of rotatable bonds is 5. The zero-order chi connectivity index (χ0) is 19.1. The predicted molar refractivity (Wildman–Crippen MR) is 100 cm³/mol. The van der Waals surface area contributed by atoms with Crippen molar-refractivity contribution in [2.24, 2.45) is 0 Å². The van der Waals surface area contributed by atoms with Gasteiger partial charge in [0, 0.05) is 29.4 Å². The van der Waals surface area contributed by atoms with E-state index in [1.807, 2.05) is 33.9 Å². The average Bonchev–Trinajstić information content (AvgIpc) is 3.06. The Morgan fingerprint density at radius 2 is 1.81 bits per heavy atom. The van der Waals surface area contributed by atoms with Gasteiger partial charge in [0.2, 0.25) is 0 Å². The van der Waals surface area contributed by atoms with Gasteiger partial charge in [0.15, 0.2) is 0 Å². The fourth-order valence-corrected chi connectivity index (χ4v) is 2.77. The number of allylic oxidation sites excluding steroid dienone is 1. The van der Waals surface area contributed by atoms with Crippen molar-refractivity contribution in [3.8, 4) is 11.3 Å². The number of aromatic nitrogens is 2. The van der Waals surface area contributed by atoms with E-state index in [4.69, 9.17) is 9.31 Å². The molecule has 7 nitrogen and oxygen atoms in total. The van der Waals surface area contributed by atoms with Crippen LogP contribution >= 0.6 is 0 Å². The molecule has 136 valence electrons. The number of benzene rings is 1. The van der Waals surface area contributed by atoms with Gasteiger partial charge in [0.1, 0.15) is 0 Å². The van der Waals surface area contributed by atoms with Gasteiger partial charge in [-0.05, 0) is 39.8 Å². The molecular formula is C18H22BN3O4. The van der Waals surface area contributed by atoms with Crippen molar-refractivity contribution in [2.75, 3.05) is 0 Å². The van der Waals surface area contributed by atoms with Crippen LogP contribution in [-0.4, -0.2) is 33.0 Å². The van der Waals surface area contributed by atoms with Gasteiger partial charge in [-0.2, -0.15) is 5.10 Å². The molecule has 0 amide bonds. The van der Waals surface area contributed by atoms with Crippen LogP contribution < -0.4 is 5.46 Å². The van der Waals surface area contributed by atoms with E-state index in [1.165, 1.54) is 12.1 Å². The highest BCUT2D eigenvalue weighted by atomic mass is 16.7. The van der Waals surface area contributed by atoms with Crippen molar-refractivity contribution in [2.45, 2.75) is 45.4 Å². The fourth-order valence-electron chi connectivity index (χ4n) is 2.77. The molecule has 0 spiro atoms. The molecule has 1 aromatic heterocycles. The summed E-state index contributed by atoms with van der Waals surface area (Å²) in [5.41, 5.74) is 1.34. The molecule has 1 saturated heterocycles. The summed E-state index contributed by atoms with van der Waals surface area (Å²) >= 11 is 0. The van der Waals surface area contributed by atoms with Gasteiger partial charge in [-0.15, -0.1) is 6.58 Å². The molecule has 0 bridgehead atoms. The normalized spacial score (nSPS) is 18.1. The molecule has 2 aromatic rings. The lowest BCUT2D eigenvalue weighted by molar-refractivity contribution is -0.384. The second-order valence-corrected chi connectivity index (χ2v) is 7.34. The molecule has 1 fully saturated rings. The van der Waals surface area contributed by atoms with Crippen LogP contribution in [0.2, 0.25) is 0 Å². The molecule has 0 N–H and O–H groups in total. The van der Waals surface area contributed by atoms with E-state index in [-0.39, 0.29) is 5.69 Å². The van der Waals surface area contributed by atoms with Crippen LogP contribution in [0.1, 0.15) is 27.7 Å². The topological polar surface area (TPSA) is 79.4 Å². The lowest BCUT2D eigenvalue weighted by Crippen LogP contribution is -2.41. The Bertz CT molecular complexity index is 827. The summed E-state index contributed by atoms with van der Waals surface area (Å²) in [6.45, 7) is 12.3. The van der Waals surface area contributed by atoms with Crippen molar-refractivity contribution < 1.29 is 14.2 Å². The Kier molecular flexibility index (Phi) is 4.50. The van der Waals surface area contributed by atoms with Crippen LogP contribution in [0.3, 0.4) is 0 Å². The zero-order valence-electron chi connectivity index (χ0n) is 15.4. The summed E-state index contributed by atoms with van der Waals surface area (Å²) in [5.74, 6) is 0. The van der Waals surface area contributed by atoms with Gasteiger partial charge in [-0.1, -0.05) is 6.08 Å². The van der Waals surface area contributed by atoms with E-state index in [1.54, 1.807) is 22.9 Å². The van der Waals surface area contributed by atoms with Gasteiger partial charge >= 0.3 is 7.12 Å². The van der Waals surface area contributed by atoms with Crippen LogP contribution in [0.15, 0.2) is 43.1 Å². The third-order valence-corrected chi connectivity index (χ3v) is 4.96. The highest BCUT2D eigenvalue weighted by molar-refractivity contribution is 6.63. The van der Waals surface area contributed by atoms with Crippen LogP contribution in [-0.2, 0) is 15.9 Å². The fraction of sp³-hybridized carbons (Fsp3) is 0.389. The number of nitro groups is 1. The highest BCUT2D eigenvalue weighted by Gasteiger charge is 2.52. The monoisotopic (exact) mass is 355 g/mol. The minimum absolute atomic E-state index is 0.0384. The standard InChI is InChI=1S/C18H22BN3O4/c1-6-11-21-12-15(19-25-17(2,3)18(4,5)26-19)16(20-21)13-7-9-14(10-8-13)22(23)24/h6-10,12H,1,11H2,2-5H3. The number of non-ortho nitro benzene ring substituents is 1. The molecule has 0 unspecified atom stereocenters. The predicted octanol–water partition coefficient (Wildman–Crippen LogP) is 2.94. The van der Waals surface area contributed by atoms with Crippen molar-refractivity contribution in [1.82, 2.24) is 9.78 Å². The maximum absolute atomic E-state index is 10.9. The van der Waals surface area contributed by atoms with Crippen molar-refractivity contribution in [1.29, 1.82) is 0 Å². The number of hydrogen-bond acceptors (Lipinski definition) is 5. The second-order valence-electron chi connectivity index (χ2n) is 7.34. The lowest BCUT2D eigenvalue weighted by Gasteiger charge is -2.32. The first kappa shape index (κ1) is 18.3. The van der Waals surface area contributed by atoms with Crippen LogP contribution in [0.4, 0.5) is 5.69 Å². The maximum atomic E-state index is 10.9. The number of hydrogen-bond donors (Lipinski definition) is 0. The molecule has 8 heteroatoms. The minimum Gasteiger partial charge on any atom is -0.399 e. The summed E-state index contributed by atoms with van der Waals surface area (Å²) in [4.78, 5) is 10.5. The number of nitrogens with zero attached hydrogens (tertiary/aromatic N) is 3. The number of nitro benzene ring substituents is 1. The summed E-state index contributed by atoms with van der Waals surface area (Å²) in [7, 11) is -0.566. The molecule has 3 rings (SSSR count). The van der Waals surface area contributed by atoms with Crippen LogP contribution in [0.25, 0.3) is 11.3 Å². The molecule has 26 heavy (non-hydrogen) atoms. The van der Waals surface area contributed by atoms with Crippen LogP contribution in [0, 0.1) is 10.1 Å². The van der Waals surface area contributed by atoms with Gasteiger partial charge < -0.3 is 9.31 Å². The van der Waals surface area contributed by atoms with Gasteiger partial charge in [-0.3, -0.25) is 14.8 Å². The summed E-state index contributed by atoms with van der Waals surface area (Å²) in [5, 5.41) is 15.5. The van der Waals surface area contributed by atoms with E-state index in [9.17, 15) is 10.1 Å². The molecule has 1 aromatic carbocycles. The molecule has 0 aliphatic carbocycles. The van der Waals surface area contributed by atoms with E-state index >= 15 is 0 Å². The molecule has 0 radical (unpaired) electrons. The van der Waals surface area contributed by atoms with Gasteiger partial charge in [-0.25, -0.2) is 0 Å². The van der Waals surface area contributed by atoms with E-state index in [2.05, 4.69) is 11.7 Å². The first-order valence-electron chi connectivity index (χ1n) is 8.43. The van der Waals surface area contributed by atoms with Crippen LogP contribution in [0.5, 0.6) is 0 Å². The van der Waals surface area contributed by atoms with Crippen molar-refractivity contribution in [3.63, 3.8) is 0 Å². The summed E-state index contributed by atoms with van der Waals surface area (Å²) in [6.07, 6.45) is 3.63. The highest BCUT2D eigenvalue weighted by Crippen LogP contribution is 2.37. The van der Waals surface area contributed by atoms with Gasteiger partial charge in [0.05, 0.1) is 28.4 Å². The zero-order valence-corrected chi connectivity index (χ0v) is 15.4. The van der Waals surface area contributed by atoms with E-state index < -0.39 is 23.2 Å². The molecular weight excluding hydrogens is 333 g/mol. The lowest BCUT2D eigenvalue weighted by atomic mass is 9.78. The summed E-state index contributed by atoms with van der Waals surface area (Å²) < 4.78 is 14.1. The molecule has 1 aliphatic rings. The Balaban J connectivity index is 2.03. The largest absolute Gasteiger partial charge is 0.498 e. The Morgan fingerprint density at radius 1 is 1.23 bits per heavy atom. The first-order valence-corrected chi connectivity index (χ1v) is 8.43.